The van der Waals surface area contributed by atoms with E-state index in [9.17, 15) is 18.0 Å². The molecule has 0 aromatic heterocycles. The highest BCUT2D eigenvalue weighted by molar-refractivity contribution is 5.83. The second kappa shape index (κ2) is 6.75. The van der Waals surface area contributed by atoms with E-state index < -0.39 is 23.1 Å². The third-order valence-electron chi connectivity index (χ3n) is 5.01. The molecule has 1 aromatic rings. The number of hydrogen-bond donors (Lipinski definition) is 0. The molecule has 132 valence electrons. The van der Waals surface area contributed by atoms with Crippen molar-refractivity contribution in [2.75, 3.05) is 13.2 Å². The molecule has 0 N–H and O–H groups in total. The summed E-state index contributed by atoms with van der Waals surface area (Å²) in [7, 11) is 0. The molecular formula is C18H21F3O3. The first-order valence-electron chi connectivity index (χ1n) is 8.38. The van der Waals surface area contributed by atoms with Crippen molar-refractivity contribution < 1.29 is 27.4 Å². The fourth-order valence-electron chi connectivity index (χ4n) is 3.66. The molecule has 0 amide bonds. The van der Waals surface area contributed by atoms with Crippen LogP contribution in [0.3, 0.4) is 0 Å². The minimum atomic E-state index is -4.42. The van der Waals surface area contributed by atoms with Gasteiger partial charge < -0.3 is 9.47 Å². The third-order valence-corrected chi connectivity index (χ3v) is 5.01. The van der Waals surface area contributed by atoms with Gasteiger partial charge in [-0.3, -0.25) is 4.79 Å². The van der Waals surface area contributed by atoms with Gasteiger partial charge in [-0.1, -0.05) is 31.0 Å². The summed E-state index contributed by atoms with van der Waals surface area (Å²) in [4.78, 5) is 12.7. The second-order valence-corrected chi connectivity index (χ2v) is 6.60. The lowest BCUT2D eigenvalue weighted by atomic mass is 9.78. The summed E-state index contributed by atoms with van der Waals surface area (Å²) < 4.78 is 49.9. The molecule has 3 nitrogen and oxygen atoms in total. The van der Waals surface area contributed by atoms with Gasteiger partial charge in [-0.2, -0.15) is 13.2 Å². The van der Waals surface area contributed by atoms with Gasteiger partial charge in [0.15, 0.2) is 0 Å². The summed E-state index contributed by atoms with van der Waals surface area (Å²) in [5, 5.41) is 0. The number of ether oxygens (including phenoxy) is 2. The topological polar surface area (TPSA) is 35.5 Å². The maximum absolute atomic E-state index is 13.0. The van der Waals surface area contributed by atoms with Gasteiger partial charge in [0.25, 0.3) is 0 Å². The highest BCUT2D eigenvalue weighted by atomic mass is 19.4. The average Bonchev–Trinajstić information content (AvgIpc) is 3.24. The van der Waals surface area contributed by atoms with Gasteiger partial charge in [-0.15, -0.1) is 0 Å². The molecule has 1 aromatic carbocycles. The molecule has 1 saturated carbocycles. The van der Waals surface area contributed by atoms with Crippen molar-refractivity contribution in [3.05, 3.63) is 35.4 Å². The van der Waals surface area contributed by atoms with Gasteiger partial charge in [0.05, 0.1) is 17.1 Å². The quantitative estimate of drug-likeness (QED) is 0.768. The van der Waals surface area contributed by atoms with Gasteiger partial charge in [0.2, 0.25) is 0 Å². The van der Waals surface area contributed by atoms with E-state index in [1.807, 2.05) is 0 Å². The molecule has 0 spiro atoms. The molecule has 2 fully saturated rings. The molecular weight excluding hydrogens is 321 g/mol. The molecule has 1 atom stereocenters. The summed E-state index contributed by atoms with van der Waals surface area (Å²) in [6.45, 7) is 0.848. The lowest BCUT2D eigenvalue weighted by molar-refractivity contribution is -0.154. The van der Waals surface area contributed by atoms with Crippen molar-refractivity contribution in [1.29, 1.82) is 0 Å². The van der Waals surface area contributed by atoms with Crippen molar-refractivity contribution in [3.8, 4) is 0 Å². The molecule has 1 aliphatic heterocycles. The molecule has 0 unspecified atom stereocenters. The number of benzene rings is 1. The zero-order chi connectivity index (χ0) is 17.2. The predicted molar refractivity (Wildman–Crippen MR) is 81.5 cm³/mol. The fourth-order valence-corrected chi connectivity index (χ4v) is 3.66. The number of halogens is 3. The number of hydrogen-bond acceptors (Lipinski definition) is 3. The van der Waals surface area contributed by atoms with E-state index in [0.717, 1.165) is 37.8 Å². The molecule has 1 aliphatic carbocycles. The van der Waals surface area contributed by atoms with Crippen LogP contribution < -0.4 is 0 Å². The van der Waals surface area contributed by atoms with E-state index in [1.165, 1.54) is 6.07 Å². The molecule has 0 radical (unpaired) electrons. The Morgan fingerprint density at radius 2 is 2.00 bits per heavy atom. The normalized spacial score (nSPS) is 23.4. The average molecular weight is 342 g/mol. The first kappa shape index (κ1) is 17.3. The second-order valence-electron chi connectivity index (χ2n) is 6.60. The Hall–Kier alpha value is -1.56. The largest absolute Gasteiger partial charge is 0.462 e. The van der Waals surface area contributed by atoms with Crippen LogP contribution in [-0.2, 0) is 25.9 Å². The van der Waals surface area contributed by atoms with E-state index in [4.69, 9.17) is 9.47 Å². The zero-order valence-corrected chi connectivity index (χ0v) is 13.4. The van der Waals surface area contributed by atoms with Gasteiger partial charge in [-0.25, -0.2) is 0 Å². The van der Waals surface area contributed by atoms with Gasteiger partial charge in [0, 0.05) is 6.61 Å². The standard InChI is InChI=1S/C18H21F3O3/c19-18(20,21)14-6-3-5-13(11-14)17(8-1-2-9-17)16(22)24-12-15-7-4-10-23-15/h3,5-6,11,15H,1-2,4,7-10,12H2/t15-/m0/s1. The predicted octanol–water partition coefficient (Wildman–Crippen LogP) is 4.24. The number of carbonyl (C=O) groups excluding carboxylic acids is 1. The SMILES string of the molecule is O=C(OC[C@@H]1CCCO1)C1(c2cccc(C(F)(F)F)c2)CCCC1. The molecule has 1 saturated heterocycles. The van der Waals surface area contributed by atoms with Crippen LogP contribution in [0.25, 0.3) is 0 Å². The van der Waals surface area contributed by atoms with Crippen molar-refractivity contribution in [3.63, 3.8) is 0 Å². The third kappa shape index (κ3) is 3.43. The molecule has 1 heterocycles. The number of alkyl halides is 3. The maximum Gasteiger partial charge on any atom is 0.416 e. The lowest BCUT2D eigenvalue weighted by Crippen LogP contribution is -2.36. The first-order valence-corrected chi connectivity index (χ1v) is 8.38. The Labute approximate surface area is 139 Å². The Kier molecular flexibility index (Phi) is 4.85. The summed E-state index contributed by atoms with van der Waals surface area (Å²) in [6.07, 6.45) is -0.0373. The van der Waals surface area contributed by atoms with Crippen LogP contribution in [0.5, 0.6) is 0 Å². The van der Waals surface area contributed by atoms with Gasteiger partial charge in [0.1, 0.15) is 6.61 Å². The number of esters is 1. The van der Waals surface area contributed by atoms with Crippen LogP contribution in [0, 0.1) is 0 Å². The fraction of sp³-hybridized carbons (Fsp3) is 0.611. The Morgan fingerprint density at radius 3 is 2.62 bits per heavy atom. The van der Waals surface area contributed by atoms with Crippen molar-refractivity contribution >= 4 is 5.97 Å². The monoisotopic (exact) mass is 342 g/mol. The van der Waals surface area contributed by atoms with E-state index in [0.29, 0.717) is 25.0 Å². The van der Waals surface area contributed by atoms with Crippen LogP contribution in [0.4, 0.5) is 13.2 Å². The lowest BCUT2D eigenvalue weighted by Gasteiger charge is -2.28. The van der Waals surface area contributed by atoms with Crippen LogP contribution in [0.15, 0.2) is 24.3 Å². The van der Waals surface area contributed by atoms with Gasteiger partial charge in [-0.05, 0) is 37.3 Å². The van der Waals surface area contributed by atoms with E-state index >= 15 is 0 Å². The highest BCUT2D eigenvalue weighted by Gasteiger charge is 2.45. The van der Waals surface area contributed by atoms with Crippen LogP contribution in [0.1, 0.15) is 49.7 Å². The summed E-state index contributed by atoms with van der Waals surface area (Å²) in [5.74, 6) is -0.421. The first-order chi connectivity index (χ1) is 11.4. The van der Waals surface area contributed by atoms with Crippen LogP contribution in [-0.4, -0.2) is 25.3 Å². The molecule has 6 heteroatoms. The van der Waals surface area contributed by atoms with Crippen molar-refractivity contribution in [2.24, 2.45) is 0 Å². The van der Waals surface area contributed by atoms with E-state index in [1.54, 1.807) is 6.07 Å². The molecule has 24 heavy (non-hydrogen) atoms. The highest BCUT2D eigenvalue weighted by Crippen LogP contribution is 2.43. The number of carbonyl (C=O) groups is 1. The minimum absolute atomic E-state index is 0.0890. The smallest absolute Gasteiger partial charge is 0.416 e. The van der Waals surface area contributed by atoms with Gasteiger partial charge >= 0.3 is 12.1 Å². The zero-order valence-electron chi connectivity index (χ0n) is 13.4. The summed E-state index contributed by atoms with van der Waals surface area (Å²) >= 11 is 0. The Bertz CT molecular complexity index is 585. The van der Waals surface area contributed by atoms with Crippen molar-refractivity contribution in [2.45, 2.75) is 56.2 Å². The maximum atomic E-state index is 13.0. The Balaban J connectivity index is 1.81. The van der Waals surface area contributed by atoms with E-state index in [-0.39, 0.29) is 12.7 Å². The molecule has 3 rings (SSSR count). The summed E-state index contributed by atoms with van der Waals surface area (Å²) in [5.41, 5.74) is -1.27. The van der Waals surface area contributed by atoms with Crippen LogP contribution >= 0.6 is 0 Å². The van der Waals surface area contributed by atoms with Crippen molar-refractivity contribution in [1.82, 2.24) is 0 Å². The Morgan fingerprint density at radius 1 is 1.25 bits per heavy atom. The van der Waals surface area contributed by atoms with E-state index in [2.05, 4.69) is 0 Å². The minimum Gasteiger partial charge on any atom is -0.462 e. The molecule has 2 aliphatic rings. The molecule has 0 bridgehead atoms. The number of rotatable bonds is 4. The van der Waals surface area contributed by atoms with Crippen LogP contribution in [0.2, 0.25) is 0 Å². The summed E-state index contributed by atoms with van der Waals surface area (Å²) in [6, 6.07) is 5.10.